The molecular weight excluding hydrogens is 343 g/mol. The van der Waals surface area contributed by atoms with Gasteiger partial charge in [-0.05, 0) is 42.5 Å². The summed E-state index contributed by atoms with van der Waals surface area (Å²) in [5.41, 5.74) is 0.980. The molecular formula is C19H18ClFN2O2. The van der Waals surface area contributed by atoms with E-state index in [1.165, 1.54) is 18.2 Å². The van der Waals surface area contributed by atoms with Crippen molar-refractivity contribution in [1.29, 1.82) is 0 Å². The minimum absolute atomic E-state index is 0.0292. The Balaban J connectivity index is 1.54. The van der Waals surface area contributed by atoms with Crippen LogP contribution < -0.4 is 0 Å². The molecule has 6 heteroatoms. The summed E-state index contributed by atoms with van der Waals surface area (Å²) in [6, 6.07) is 12.5. The first-order valence-corrected chi connectivity index (χ1v) is 8.47. The highest BCUT2D eigenvalue weighted by Crippen LogP contribution is 2.13. The molecule has 0 atom stereocenters. The quantitative estimate of drug-likeness (QED) is 0.787. The molecule has 1 aliphatic rings. The van der Waals surface area contributed by atoms with Crippen molar-refractivity contribution in [2.45, 2.75) is 0 Å². The summed E-state index contributed by atoms with van der Waals surface area (Å²) in [6.07, 6.45) is 0. The Kier molecular flexibility index (Phi) is 5.46. The van der Waals surface area contributed by atoms with E-state index in [1.807, 2.05) is 4.90 Å². The predicted molar refractivity (Wildman–Crippen MR) is 94.5 cm³/mol. The minimum atomic E-state index is -0.418. The number of hydrogen-bond donors (Lipinski definition) is 0. The van der Waals surface area contributed by atoms with Crippen molar-refractivity contribution in [3.8, 4) is 0 Å². The van der Waals surface area contributed by atoms with Gasteiger partial charge in [-0.1, -0.05) is 17.7 Å². The van der Waals surface area contributed by atoms with E-state index in [2.05, 4.69) is 0 Å². The second kappa shape index (κ2) is 7.76. The van der Waals surface area contributed by atoms with Gasteiger partial charge in [0.1, 0.15) is 5.82 Å². The summed E-state index contributed by atoms with van der Waals surface area (Å²) in [6.45, 7) is 2.57. The topological polar surface area (TPSA) is 40.6 Å². The van der Waals surface area contributed by atoms with Gasteiger partial charge in [0.15, 0.2) is 5.78 Å². The lowest BCUT2D eigenvalue weighted by atomic mass is 10.1. The van der Waals surface area contributed by atoms with Gasteiger partial charge in [0, 0.05) is 42.3 Å². The zero-order valence-electron chi connectivity index (χ0n) is 13.6. The molecule has 0 unspecified atom stereocenters. The molecule has 25 heavy (non-hydrogen) atoms. The lowest BCUT2D eigenvalue weighted by molar-refractivity contribution is 0.0624. The van der Waals surface area contributed by atoms with Crippen LogP contribution in [0.25, 0.3) is 0 Å². The standard InChI is InChI=1S/C19H18ClFN2O2/c20-16-6-4-14(5-7-16)18(24)13-22-8-10-23(11-9-22)19(25)15-2-1-3-17(21)12-15/h1-7,12H,8-11,13H2. The maximum absolute atomic E-state index is 13.3. The molecule has 0 saturated carbocycles. The Bertz CT molecular complexity index is 771. The van der Waals surface area contributed by atoms with E-state index in [0.717, 1.165) is 0 Å². The fourth-order valence-corrected chi connectivity index (χ4v) is 2.97. The van der Waals surface area contributed by atoms with Crippen LogP contribution in [0.2, 0.25) is 5.02 Å². The highest BCUT2D eigenvalue weighted by atomic mass is 35.5. The van der Waals surface area contributed by atoms with E-state index < -0.39 is 5.82 Å². The average molecular weight is 361 g/mol. The van der Waals surface area contributed by atoms with Crippen molar-refractivity contribution in [2.24, 2.45) is 0 Å². The van der Waals surface area contributed by atoms with Crippen molar-refractivity contribution in [1.82, 2.24) is 9.80 Å². The Labute approximate surface area is 150 Å². The number of nitrogens with zero attached hydrogens (tertiary/aromatic N) is 2. The van der Waals surface area contributed by atoms with Crippen molar-refractivity contribution >= 4 is 23.3 Å². The van der Waals surface area contributed by atoms with Gasteiger partial charge in [-0.3, -0.25) is 14.5 Å². The molecule has 4 nitrogen and oxygen atoms in total. The number of amides is 1. The molecule has 1 aliphatic heterocycles. The third kappa shape index (κ3) is 4.44. The van der Waals surface area contributed by atoms with E-state index in [1.54, 1.807) is 35.2 Å². The number of halogens is 2. The van der Waals surface area contributed by atoms with Crippen LogP contribution in [-0.4, -0.2) is 54.2 Å². The van der Waals surface area contributed by atoms with E-state index in [-0.39, 0.29) is 11.7 Å². The first-order valence-electron chi connectivity index (χ1n) is 8.09. The SMILES string of the molecule is O=C(CN1CCN(C(=O)c2cccc(F)c2)CC1)c1ccc(Cl)cc1. The number of hydrogen-bond acceptors (Lipinski definition) is 3. The van der Waals surface area contributed by atoms with Crippen LogP contribution in [0.1, 0.15) is 20.7 Å². The molecule has 0 aliphatic carbocycles. The molecule has 0 bridgehead atoms. The van der Waals surface area contributed by atoms with Crippen LogP contribution >= 0.6 is 11.6 Å². The Morgan fingerprint density at radius 1 is 0.960 bits per heavy atom. The zero-order valence-corrected chi connectivity index (χ0v) is 14.4. The van der Waals surface area contributed by atoms with Gasteiger partial charge in [0.05, 0.1) is 6.54 Å². The maximum Gasteiger partial charge on any atom is 0.254 e. The van der Waals surface area contributed by atoms with Crippen molar-refractivity contribution < 1.29 is 14.0 Å². The largest absolute Gasteiger partial charge is 0.336 e. The summed E-state index contributed by atoms with van der Waals surface area (Å²) in [7, 11) is 0. The van der Waals surface area contributed by atoms with Gasteiger partial charge in [-0.25, -0.2) is 4.39 Å². The van der Waals surface area contributed by atoms with E-state index in [4.69, 9.17) is 11.6 Å². The van der Waals surface area contributed by atoms with Gasteiger partial charge >= 0.3 is 0 Å². The van der Waals surface area contributed by atoms with Crippen molar-refractivity contribution in [3.63, 3.8) is 0 Å². The van der Waals surface area contributed by atoms with Crippen LogP contribution in [0.3, 0.4) is 0 Å². The third-order valence-corrected chi connectivity index (χ3v) is 4.52. The Morgan fingerprint density at radius 3 is 2.28 bits per heavy atom. The summed E-state index contributed by atoms with van der Waals surface area (Å²) < 4.78 is 13.3. The van der Waals surface area contributed by atoms with Crippen LogP contribution in [0.4, 0.5) is 4.39 Å². The van der Waals surface area contributed by atoms with Crippen LogP contribution in [0.15, 0.2) is 48.5 Å². The van der Waals surface area contributed by atoms with Gasteiger partial charge < -0.3 is 4.90 Å². The smallest absolute Gasteiger partial charge is 0.254 e. The Hall–Kier alpha value is -2.24. The molecule has 1 fully saturated rings. The number of rotatable bonds is 4. The molecule has 0 aromatic heterocycles. The first-order chi connectivity index (χ1) is 12.0. The molecule has 1 saturated heterocycles. The van der Waals surface area contributed by atoms with Crippen molar-refractivity contribution in [3.05, 3.63) is 70.5 Å². The molecule has 0 N–H and O–H groups in total. The summed E-state index contributed by atoms with van der Waals surface area (Å²) >= 11 is 5.83. The second-order valence-electron chi connectivity index (χ2n) is 6.01. The fraction of sp³-hybridized carbons (Fsp3) is 0.263. The first kappa shape index (κ1) is 17.6. The summed E-state index contributed by atoms with van der Waals surface area (Å²) in [4.78, 5) is 28.4. The number of ketones is 1. The zero-order chi connectivity index (χ0) is 17.8. The van der Waals surface area contributed by atoms with Crippen molar-refractivity contribution in [2.75, 3.05) is 32.7 Å². The fourth-order valence-electron chi connectivity index (χ4n) is 2.84. The van der Waals surface area contributed by atoms with Crippen LogP contribution in [0, 0.1) is 5.82 Å². The van der Waals surface area contributed by atoms with Gasteiger partial charge in [0.2, 0.25) is 0 Å². The lowest BCUT2D eigenvalue weighted by Crippen LogP contribution is -2.49. The highest BCUT2D eigenvalue weighted by Gasteiger charge is 2.23. The summed E-state index contributed by atoms with van der Waals surface area (Å²) in [5, 5.41) is 0.598. The predicted octanol–water partition coefficient (Wildman–Crippen LogP) is 3.12. The van der Waals surface area contributed by atoms with E-state index in [0.29, 0.717) is 48.9 Å². The minimum Gasteiger partial charge on any atom is -0.336 e. The average Bonchev–Trinajstić information content (AvgIpc) is 2.62. The molecule has 1 amide bonds. The molecule has 2 aromatic rings. The number of Topliss-reactive ketones (excluding diaryl/α,β-unsaturated/α-hetero) is 1. The Morgan fingerprint density at radius 2 is 1.64 bits per heavy atom. The number of benzene rings is 2. The number of piperazine rings is 1. The highest BCUT2D eigenvalue weighted by molar-refractivity contribution is 6.30. The molecule has 0 radical (unpaired) electrons. The molecule has 1 heterocycles. The van der Waals surface area contributed by atoms with Crippen LogP contribution in [-0.2, 0) is 0 Å². The monoisotopic (exact) mass is 360 g/mol. The molecule has 2 aromatic carbocycles. The van der Waals surface area contributed by atoms with Gasteiger partial charge in [0.25, 0.3) is 5.91 Å². The normalized spacial score (nSPS) is 15.2. The molecule has 130 valence electrons. The third-order valence-electron chi connectivity index (χ3n) is 4.26. The number of carbonyl (C=O) groups is 2. The van der Waals surface area contributed by atoms with E-state index in [9.17, 15) is 14.0 Å². The van der Waals surface area contributed by atoms with Crippen LogP contribution in [0.5, 0.6) is 0 Å². The van der Waals surface area contributed by atoms with Gasteiger partial charge in [-0.15, -0.1) is 0 Å². The molecule has 0 spiro atoms. The van der Waals surface area contributed by atoms with E-state index >= 15 is 0 Å². The maximum atomic E-state index is 13.3. The summed E-state index contributed by atoms with van der Waals surface area (Å²) in [5.74, 6) is -0.567. The molecule has 3 rings (SSSR count). The van der Waals surface area contributed by atoms with Gasteiger partial charge in [-0.2, -0.15) is 0 Å². The second-order valence-corrected chi connectivity index (χ2v) is 6.45. The lowest BCUT2D eigenvalue weighted by Gasteiger charge is -2.34. The number of carbonyl (C=O) groups excluding carboxylic acids is 2.